The molecule has 4 N–H and O–H groups in total. The van der Waals surface area contributed by atoms with E-state index in [2.05, 4.69) is 50.8 Å². The number of nitrogens with zero attached hydrogens (tertiary/aromatic N) is 6. The fraction of sp³-hybridized carbons (Fsp3) is 0.429. The Morgan fingerprint density at radius 2 is 1.76 bits per heavy atom. The first-order chi connectivity index (χ1) is 32.4. The highest BCUT2D eigenvalue weighted by Crippen LogP contribution is 2.60. The number of fused-ring (bicyclic) bond motifs is 2. The second kappa shape index (κ2) is 19.2. The average molecular weight is 986 g/mol. The molecule has 2 saturated heterocycles. The molecule has 0 bridgehead atoms. The van der Waals surface area contributed by atoms with Crippen LogP contribution in [0, 0.1) is 21.4 Å². The quantitative estimate of drug-likeness (QED) is 0.0498. The maximum absolute atomic E-state index is 14.4. The highest BCUT2D eigenvalue weighted by atomic mass is 35.5. The lowest BCUT2D eigenvalue weighted by Gasteiger charge is -2.39. The van der Waals surface area contributed by atoms with Gasteiger partial charge < -0.3 is 24.8 Å². The monoisotopic (exact) mass is 984 g/mol. The number of ether oxygens (including phenoxy) is 1. The zero-order valence-corrected chi connectivity index (χ0v) is 41.5. The van der Waals surface area contributed by atoms with Crippen LogP contribution in [0.5, 0.6) is 5.88 Å². The Balaban J connectivity index is 0.953. The van der Waals surface area contributed by atoms with Crippen molar-refractivity contribution in [3.63, 3.8) is 0 Å². The van der Waals surface area contributed by atoms with E-state index >= 15 is 0 Å². The Morgan fingerprint density at radius 3 is 2.49 bits per heavy atom. The van der Waals surface area contributed by atoms with Gasteiger partial charge in [0, 0.05) is 81.7 Å². The van der Waals surface area contributed by atoms with E-state index in [1.165, 1.54) is 28.8 Å². The number of sulfonamides is 1. The molecule has 1 amide bonds. The summed E-state index contributed by atoms with van der Waals surface area (Å²) in [4.78, 5) is 51.2. The van der Waals surface area contributed by atoms with Gasteiger partial charge in [-0.1, -0.05) is 43.2 Å². The van der Waals surface area contributed by atoms with Gasteiger partial charge >= 0.3 is 0 Å². The fourth-order valence-corrected chi connectivity index (χ4v) is 13.7. The summed E-state index contributed by atoms with van der Waals surface area (Å²) in [6, 6.07) is 21.1. The van der Waals surface area contributed by atoms with Gasteiger partial charge in [0.25, 0.3) is 21.6 Å². The Hall–Kier alpha value is -5.29. The van der Waals surface area contributed by atoms with Gasteiger partial charge in [-0.05, 0) is 109 Å². The third-order valence-electron chi connectivity index (χ3n) is 14.2. The van der Waals surface area contributed by atoms with Crippen LogP contribution in [0.2, 0.25) is 5.02 Å². The first-order valence-electron chi connectivity index (χ1n) is 23.3. The molecule has 4 aliphatic rings. The number of hydrogen-bond acceptors (Lipinski definition) is 13. The summed E-state index contributed by atoms with van der Waals surface area (Å²) in [5, 5.41) is 17.0. The number of aromatic amines is 1. The van der Waals surface area contributed by atoms with Crippen LogP contribution >= 0.6 is 19.2 Å². The third kappa shape index (κ3) is 10.2. The third-order valence-corrected chi connectivity index (χ3v) is 19.2. The molecule has 2 aromatic heterocycles. The van der Waals surface area contributed by atoms with Crippen molar-refractivity contribution >= 4 is 80.2 Å². The number of carbonyl (C=O) groups is 1. The number of aromatic nitrogens is 2. The van der Waals surface area contributed by atoms with Crippen LogP contribution in [-0.4, -0.2) is 123 Å². The second-order valence-electron chi connectivity index (χ2n) is 19.5. The molecule has 360 valence electrons. The molecule has 68 heavy (non-hydrogen) atoms. The highest BCUT2D eigenvalue weighted by Gasteiger charge is 2.43. The van der Waals surface area contributed by atoms with E-state index in [9.17, 15) is 28.2 Å². The predicted octanol–water partition coefficient (Wildman–Crippen LogP) is 8.78. The number of carbonyl (C=O) groups excluding carboxylic acids is 1. The molecular formula is C49H60ClN9O7PS+. The first kappa shape index (κ1) is 47.8. The molecule has 9 rings (SSSR count). The normalized spacial score (nSPS) is 21.1. The fourth-order valence-electron chi connectivity index (χ4n) is 10.00. The minimum absolute atomic E-state index is 0.101. The standard InChI is InChI=1S/C49H59ClN9O7PS/c1-49(2)17-13-36(41(30-49)34-5-7-37(50)8-6-34)32-56-19-21-57(22-20-56)38-9-11-40(43(28-38)58-23-24-66-48-45(58)27-35-14-18-51-46(35)53-48)47(60)54-68(64,65)39-10-12-42(44(29-39)59(61)62)52-31-33-15-25-67(63,26-16-33)55(3)4/h5-12,14,18,27-29,33,52,63H,13,15-17,19-26,30-32H2,1-4H3,(H-,51,53,54,60)/p+1. The summed E-state index contributed by atoms with van der Waals surface area (Å²) < 4.78 is 38.1. The zero-order valence-electron chi connectivity index (χ0n) is 39.0. The number of amides is 1. The lowest BCUT2D eigenvalue weighted by molar-refractivity contribution is -0.384. The number of rotatable bonds is 13. The number of allylic oxidation sites excluding steroid dienone is 1. The molecular weight excluding hydrogens is 925 g/mol. The summed E-state index contributed by atoms with van der Waals surface area (Å²) in [5.41, 5.74) is 6.83. The maximum atomic E-state index is 14.4. The van der Waals surface area contributed by atoms with Gasteiger partial charge in [-0.25, -0.2) is 18.0 Å². The summed E-state index contributed by atoms with van der Waals surface area (Å²) in [5.74, 6) is -0.315. The number of anilines is 4. The molecule has 5 heterocycles. The van der Waals surface area contributed by atoms with E-state index < -0.39 is 39.1 Å². The van der Waals surface area contributed by atoms with Gasteiger partial charge in [-0.2, -0.15) is 9.65 Å². The van der Waals surface area contributed by atoms with Gasteiger partial charge in [-0.3, -0.25) is 19.8 Å². The SMILES string of the molecule is CN(C)[P+]1(O)CCC(CNc2ccc(S(=O)(=O)NC(=O)c3ccc(N4CCN(CC5=C(c6ccc(Cl)cc6)CC(C)(C)CC5)CC4)cc3N3CCOc4nc5[nH]ccc5cc43)cc2[N+](=O)[O-])CC1. The maximum Gasteiger partial charge on any atom is 0.293 e. The van der Waals surface area contributed by atoms with Gasteiger partial charge in [0.15, 0.2) is 0 Å². The summed E-state index contributed by atoms with van der Waals surface area (Å²) in [6.07, 6.45) is 7.90. The predicted molar refractivity (Wildman–Crippen MR) is 271 cm³/mol. The summed E-state index contributed by atoms with van der Waals surface area (Å²) >= 11 is 6.27. The number of pyridine rings is 1. The van der Waals surface area contributed by atoms with E-state index in [-0.39, 0.29) is 29.2 Å². The average Bonchev–Trinajstić information content (AvgIpc) is 3.78. The smallest absolute Gasteiger partial charge is 0.293 e. The van der Waals surface area contributed by atoms with Crippen molar-refractivity contribution in [3.8, 4) is 5.88 Å². The molecule has 2 fully saturated rings. The van der Waals surface area contributed by atoms with Crippen LogP contribution in [0.4, 0.5) is 28.4 Å². The topological polar surface area (TPSA) is 190 Å². The molecule has 16 nitrogen and oxygen atoms in total. The summed E-state index contributed by atoms with van der Waals surface area (Å²) in [6.45, 7) is 9.77. The lowest BCUT2D eigenvalue weighted by atomic mass is 9.72. The molecule has 1 aliphatic carbocycles. The lowest BCUT2D eigenvalue weighted by Crippen LogP contribution is -2.47. The number of nitrogens with one attached hydrogen (secondary N) is 3. The number of piperazine rings is 1. The van der Waals surface area contributed by atoms with Crippen LogP contribution in [0.3, 0.4) is 0 Å². The van der Waals surface area contributed by atoms with Crippen molar-refractivity contribution in [1.82, 2.24) is 24.3 Å². The van der Waals surface area contributed by atoms with Crippen molar-refractivity contribution in [2.24, 2.45) is 11.3 Å². The Labute approximate surface area is 403 Å². The highest BCUT2D eigenvalue weighted by molar-refractivity contribution is 7.90. The molecule has 0 atom stereocenters. The largest absolute Gasteiger partial charge is 0.474 e. The zero-order chi connectivity index (χ0) is 48.0. The van der Waals surface area contributed by atoms with Gasteiger partial charge in [0.1, 0.15) is 36.0 Å². The van der Waals surface area contributed by atoms with Crippen LogP contribution in [-0.2, 0) is 10.0 Å². The molecule has 0 spiro atoms. The molecule has 0 saturated carbocycles. The summed E-state index contributed by atoms with van der Waals surface area (Å²) in [7, 11) is -2.95. The number of halogens is 1. The van der Waals surface area contributed by atoms with Crippen molar-refractivity contribution in [3.05, 3.63) is 111 Å². The van der Waals surface area contributed by atoms with Gasteiger partial charge in [-0.15, -0.1) is 0 Å². The number of hydrogen-bond donors (Lipinski definition) is 4. The van der Waals surface area contributed by atoms with Crippen molar-refractivity contribution in [2.45, 2.75) is 50.8 Å². The van der Waals surface area contributed by atoms with Gasteiger partial charge in [0.05, 0.1) is 27.6 Å². The minimum atomic E-state index is -4.59. The Kier molecular flexibility index (Phi) is 13.5. The number of nitro benzene ring substituents is 1. The first-order valence-corrected chi connectivity index (χ1v) is 27.2. The van der Waals surface area contributed by atoms with E-state index in [1.807, 2.05) is 60.1 Å². The van der Waals surface area contributed by atoms with Crippen LogP contribution in [0.15, 0.2) is 89.5 Å². The Bertz CT molecular complexity index is 2860. The van der Waals surface area contributed by atoms with Crippen molar-refractivity contribution in [2.75, 3.05) is 94.0 Å². The molecule has 0 radical (unpaired) electrons. The van der Waals surface area contributed by atoms with E-state index in [0.717, 1.165) is 87.0 Å². The van der Waals surface area contributed by atoms with E-state index in [1.54, 1.807) is 12.3 Å². The number of H-pyrrole nitrogens is 1. The van der Waals surface area contributed by atoms with Crippen molar-refractivity contribution in [1.29, 1.82) is 0 Å². The molecule has 0 unspecified atom stereocenters. The van der Waals surface area contributed by atoms with Crippen LogP contribution < -0.4 is 24.6 Å². The number of benzene rings is 3. The molecule has 3 aromatic carbocycles. The molecule has 19 heteroatoms. The minimum Gasteiger partial charge on any atom is -0.474 e. The van der Waals surface area contributed by atoms with Gasteiger partial charge in [0.2, 0.25) is 13.5 Å². The molecule has 5 aromatic rings. The van der Waals surface area contributed by atoms with Crippen LogP contribution in [0.25, 0.3) is 16.6 Å². The van der Waals surface area contributed by atoms with Crippen LogP contribution in [0.1, 0.15) is 61.9 Å². The second-order valence-corrected chi connectivity index (χ2v) is 25.1. The van der Waals surface area contributed by atoms with E-state index in [4.69, 9.17) is 21.3 Å². The van der Waals surface area contributed by atoms with E-state index in [0.29, 0.717) is 48.3 Å². The number of nitro groups is 1. The Morgan fingerprint density at radius 1 is 1.01 bits per heavy atom. The molecule has 3 aliphatic heterocycles. The van der Waals surface area contributed by atoms with Crippen molar-refractivity contribution < 1.29 is 27.8 Å².